The summed E-state index contributed by atoms with van der Waals surface area (Å²) in [4.78, 5) is 3.91. The van der Waals surface area contributed by atoms with Crippen LogP contribution in [0.25, 0.3) is 0 Å². The number of nitrogens with zero attached hydrogens (tertiary/aromatic N) is 2. The van der Waals surface area contributed by atoms with Crippen LogP contribution in [0.5, 0.6) is 5.75 Å². The molecule has 0 spiro atoms. The molecule has 0 N–H and O–H groups in total. The molecule has 4 heteroatoms. The van der Waals surface area contributed by atoms with Crippen LogP contribution in [0, 0.1) is 11.3 Å². The van der Waals surface area contributed by atoms with Crippen molar-refractivity contribution in [3.05, 3.63) is 58.9 Å². The Kier molecular flexibility index (Phi) is 3.59. The first-order valence-corrected chi connectivity index (χ1v) is 5.40. The average molecular weight is 245 g/mol. The molecule has 0 saturated carbocycles. The second-order valence-electron chi connectivity index (χ2n) is 3.39. The van der Waals surface area contributed by atoms with E-state index in [1.807, 2.05) is 12.1 Å². The molecule has 2 rings (SSSR count). The van der Waals surface area contributed by atoms with Crippen LogP contribution in [0.2, 0.25) is 5.15 Å². The van der Waals surface area contributed by atoms with Crippen molar-refractivity contribution in [1.82, 2.24) is 4.98 Å². The SMILES string of the molecule is N#Cc1cccc(COc2cccnc2Cl)c1. The molecular weight excluding hydrogens is 236 g/mol. The zero-order chi connectivity index (χ0) is 12.1. The fourth-order valence-electron chi connectivity index (χ4n) is 1.37. The molecule has 0 unspecified atom stereocenters. The van der Waals surface area contributed by atoms with Crippen molar-refractivity contribution >= 4 is 11.6 Å². The smallest absolute Gasteiger partial charge is 0.171 e. The van der Waals surface area contributed by atoms with Gasteiger partial charge in [0.1, 0.15) is 6.61 Å². The summed E-state index contributed by atoms with van der Waals surface area (Å²) < 4.78 is 5.52. The van der Waals surface area contributed by atoms with Crippen LogP contribution in [0.3, 0.4) is 0 Å². The number of rotatable bonds is 3. The van der Waals surface area contributed by atoms with Crippen LogP contribution in [0.4, 0.5) is 0 Å². The summed E-state index contributed by atoms with van der Waals surface area (Å²) in [5, 5.41) is 9.11. The van der Waals surface area contributed by atoms with Crippen molar-refractivity contribution in [1.29, 1.82) is 5.26 Å². The third-order valence-corrected chi connectivity index (χ3v) is 2.46. The van der Waals surface area contributed by atoms with Crippen LogP contribution in [-0.2, 0) is 6.61 Å². The Balaban J connectivity index is 2.08. The quantitative estimate of drug-likeness (QED) is 0.779. The first-order chi connectivity index (χ1) is 8.29. The summed E-state index contributed by atoms with van der Waals surface area (Å²) in [6, 6.07) is 12.8. The monoisotopic (exact) mass is 244 g/mol. The van der Waals surface area contributed by atoms with Crippen LogP contribution < -0.4 is 4.74 Å². The van der Waals surface area contributed by atoms with Crippen molar-refractivity contribution in [2.24, 2.45) is 0 Å². The number of hydrogen-bond acceptors (Lipinski definition) is 3. The maximum absolute atomic E-state index is 8.77. The molecule has 0 radical (unpaired) electrons. The second-order valence-corrected chi connectivity index (χ2v) is 3.75. The van der Waals surface area contributed by atoms with Crippen molar-refractivity contribution in [3.63, 3.8) is 0 Å². The van der Waals surface area contributed by atoms with E-state index in [2.05, 4.69) is 11.1 Å². The summed E-state index contributed by atoms with van der Waals surface area (Å²) in [5.74, 6) is 0.538. The highest BCUT2D eigenvalue weighted by Crippen LogP contribution is 2.21. The summed E-state index contributed by atoms with van der Waals surface area (Å²) in [6.45, 7) is 0.362. The standard InChI is InChI=1S/C13H9ClN2O/c14-13-12(5-2-6-16-13)17-9-11-4-1-3-10(7-11)8-15/h1-7H,9H2. The number of aromatic nitrogens is 1. The average Bonchev–Trinajstić information content (AvgIpc) is 2.38. The van der Waals surface area contributed by atoms with Gasteiger partial charge < -0.3 is 4.74 Å². The van der Waals surface area contributed by atoms with Gasteiger partial charge in [-0.3, -0.25) is 0 Å². The van der Waals surface area contributed by atoms with Gasteiger partial charge in [-0.05, 0) is 29.8 Å². The van der Waals surface area contributed by atoms with Crippen LogP contribution >= 0.6 is 11.6 Å². The number of nitriles is 1. The van der Waals surface area contributed by atoms with Crippen molar-refractivity contribution in [2.75, 3.05) is 0 Å². The number of hydrogen-bond donors (Lipinski definition) is 0. The first-order valence-electron chi connectivity index (χ1n) is 5.02. The van der Waals surface area contributed by atoms with Crippen molar-refractivity contribution in [3.8, 4) is 11.8 Å². The zero-order valence-electron chi connectivity index (χ0n) is 8.93. The topological polar surface area (TPSA) is 45.9 Å². The Hall–Kier alpha value is -2.05. The molecule has 0 aliphatic heterocycles. The van der Waals surface area contributed by atoms with E-state index >= 15 is 0 Å². The maximum Gasteiger partial charge on any atom is 0.171 e. The summed E-state index contributed by atoms with van der Waals surface area (Å²) in [6.07, 6.45) is 1.60. The highest BCUT2D eigenvalue weighted by molar-refractivity contribution is 6.30. The number of benzene rings is 1. The molecule has 1 aromatic carbocycles. The van der Waals surface area contributed by atoms with E-state index in [1.165, 1.54) is 0 Å². The predicted octanol–water partition coefficient (Wildman–Crippen LogP) is 3.19. The Labute approximate surface area is 104 Å². The summed E-state index contributed by atoms with van der Waals surface area (Å²) in [7, 11) is 0. The highest BCUT2D eigenvalue weighted by Gasteiger charge is 2.02. The third kappa shape index (κ3) is 2.96. The normalized spacial score (nSPS) is 9.65. The number of halogens is 1. The molecule has 0 amide bonds. The molecule has 1 heterocycles. The first kappa shape index (κ1) is 11.4. The lowest BCUT2D eigenvalue weighted by molar-refractivity contribution is 0.305. The van der Waals surface area contributed by atoms with Gasteiger partial charge in [-0.1, -0.05) is 23.7 Å². The van der Waals surface area contributed by atoms with E-state index in [9.17, 15) is 0 Å². The minimum absolute atomic E-state index is 0.337. The van der Waals surface area contributed by atoms with Gasteiger partial charge in [0.2, 0.25) is 0 Å². The minimum atomic E-state index is 0.337. The van der Waals surface area contributed by atoms with E-state index < -0.39 is 0 Å². The van der Waals surface area contributed by atoms with Gasteiger partial charge in [0.05, 0.1) is 11.6 Å². The molecule has 2 aromatic rings. The van der Waals surface area contributed by atoms with Gasteiger partial charge in [0.15, 0.2) is 10.9 Å². The molecule has 0 fully saturated rings. The third-order valence-electron chi connectivity index (χ3n) is 2.18. The van der Waals surface area contributed by atoms with E-state index in [0.717, 1.165) is 5.56 Å². The zero-order valence-corrected chi connectivity index (χ0v) is 9.69. The van der Waals surface area contributed by atoms with Crippen LogP contribution in [0.15, 0.2) is 42.6 Å². The van der Waals surface area contributed by atoms with E-state index in [-0.39, 0.29) is 0 Å². The highest BCUT2D eigenvalue weighted by atomic mass is 35.5. The Bertz CT molecular complexity index is 563. The lowest BCUT2D eigenvalue weighted by atomic mass is 10.1. The van der Waals surface area contributed by atoms with Crippen molar-refractivity contribution in [2.45, 2.75) is 6.61 Å². The molecule has 0 aliphatic rings. The molecule has 1 aromatic heterocycles. The van der Waals surface area contributed by atoms with E-state index in [4.69, 9.17) is 21.6 Å². The maximum atomic E-state index is 8.77. The largest absolute Gasteiger partial charge is 0.486 e. The fraction of sp³-hybridized carbons (Fsp3) is 0.0769. The van der Waals surface area contributed by atoms with E-state index in [1.54, 1.807) is 30.5 Å². The molecule has 3 nitrogen and oxygen atoms in total. The molecule has 0 saturated heterocycles. The molecule has 84 valence electrons. The lowest BCUT2D eigenvalue weighted by Gasteiger charge is -2.07. The van der Waals surface area contributed by atoms with Gasteiger partial charge in [-0.25, -0.2) is 4.98 Å². The lowest BCUT2D eigenvalue weighted by Crippen LogP contribution is -1.96. The van der Waals surface area contributed by atoms with Crippen LogP contribution in [0.1, 0.15) is 11.1 Å². The number of ether oxygens (including phenoxy) is 1. The van der Waals surface area contributed by atoms with Gasteiger partial charge >= 0.3 is 0 Å². The minimum Gasteiger partial charge on any atom is -0.486 e. The Morgan fingerprint density at radius 3 is 2.94 bits per heavy atom. The van der Waals surface area contributed by atoms with Gasteiger partial charge in [-0.15, -0.1) is 0 Å². The second kappa shape index (κ2) is 5.33. The molecule has 0 aliphatic carbocycles. The molecule has 0 atom stereocenters. The Morgan fingerprint density at radius 1 is 1.29 bits per heavy atom. The van der Waals surface area contributed by atoms with Gasteiger partial charge in [0, 0.05) is 6.20 Å². The summed E-state index contributed by atoms with van der Waals surface area (Å²) >= 11 is 5.86. The molecule has 17 heavy (non-hydrogen) atoms. The predicted molar refractivity (Wildman–Crippen MR) is 64.7 cm³/mol. The summed E-state index contributed by atoms with van der Waals surface area (Å²) in [5.41, 5.74) is 1.53. The Morgan fingerprint density at radius 2 is 2.18 bits per heavy atom. The van der Waals surface area contributed by atoms with Gasteiger partial charge in [-0.2, -0.15) is 5.26 Å². The molecule has 0 bridgehead atoms. The van der Waals surface area contributed by atoms with E-state index in [0.29, 0.717) is 23.1 Å². The number of pyridine rings is 1. The van der Waals surface area contributed by atoms with Crippen LogP contribution in [-0.4, -0.2) is 4.98 Å². The van der Waals surface area contributed by atoms with Gasteiger partial charge in [0.25, 0.3) is 0 Å². The molecular formula is C13H9ClN2O. The van der Waals surface area contributed by atoms with Crippen molar-refractivity contribution < 1.29 is 4.74 Å². The fourth-order valence-corrected chi connectivity index (χ4v) is 1.54.